The molecule has 0 bridgehead atoms. The number of carboxylic acid groups (broad SMARTS) is 1. The van der Waals surface area contributed by atoms with E-state index in [-0.39, 0.29) is 17.0 Å². The summed E-state index contributed by atoms with van der Waals surface area (Å²) >= 11 is 0. The fourth-order valence-electron chi connectivity index (χ4n) is 1.56. The third kappa shape index (κ3) is 4.12. The van der Waals surface area contributed by atoms with Gasteiger partial charge in [0.25, 0.3) is 0 Å². The van der Waals surface area contributed by atoms with Crippen molar-refractivity contribution in [2.45, 2.75) is 13.8 Å². The van der Waals surface area contributed by atoms with Crippen LogP contribution in [0.25, 0.3) is 0 Å². The molecule has 0 amide bonds. The Labute approximate surface area is 127 Å². The van der Waals surface area contributed by atoms with Gasteiger partial charge in [0.05, 0.1) is 24.5 Å². The van der Waals surface area contributed by atoms with E-state index >= 15 is 0 Å². The van der Waals surface area contributed by atoms with E-state index in [4.69, 9.17) is 20.0 Å². The standard InChI is InChI=1S/C14H14N4O4/c1-3-21-12-5-10(14(19)20)11(6-13(12)22-4-2)18-17-9(7-15)8-16/h5-6,18H,3-4H2,1-2H3,(H,19,20). The summed E-state index contributed by atoms with van der Waals surface area (Å²) in [6, 6.07) is 5.83. The minimum absolute atomic E-state index is 0.0856. The topological polar surface area (TPSA) is 128 Å². The summed E-state index contributed by atoms with van der Waals surface area (Å²) in [4.78, 5) is 11.3. The number of benzene rings is 1. The van der Waals surface area contributed by atoms with Crippen molar-refractivity contribution in [3.8, 4) is 23.6 Å². The van der Waals surface area contributed by atoms with Gasteiger partial charge in [-0.3, -0.25) is 5.43 Å². The second-order valence-electron chi connectivity index (χ2n) is 3.81. The zero-order valence-corrected chi connectivity index (χ0v) is 12.1. The second-order valence-corrected chi connectivity index (χ2v) is 3.81. The van der Waals surface area contributed by atoms with Crippen LogP contribution in [0.1, 0.15) is 24.2 Å². The smallest absolute Gasteiger partial charge is 0.338 e. The van der Waals surface area contributed by atoms with Crippen LogP contribution in [-0.2, 0) is 0 Å². The molecule has 8 nitrogen and oxygen atoms in total. The highest BCUT2D eigenvalue weighted by atomic mass is 16.5. The van der Waals surface area contributed by atoms with E-state index < -0.39 is 11.7 Å². The fraction of sp³-hybridized carbons (Fsp3) is 0.286. The van der Waals surface area contributed by atoms with Crippen LogP contribution in [0.4, 0.5) is 5.69 Å². The number of nitrogens with one attached hydrogen (secondary N) is 1. The van der Waals surface area contributed by atoms with E-state index in [0.717, 1.165) is 0 Å². The number of ether oxygens (including phenoxy) is 2. The van der Waals surface area contributed by atoms with Gasteiger partial charge in [0.2, 0.25) is 5.71 Å². The molecule has 2 N–H and O–H groups in total. The zero-order valence-electron chi connectivity index (χ0n) is 12.1. The summed E-state index contributed by atoms with van der Waals surface area (Å²) in [6.07, 6.45) is 0. The van der Waals surface area contributed by atoms with Gasteiger partial charge in [-0.15, -0.1) is 0 Å². The van der Waals surface area contributed by atoms with Gasteiger partial charge in [-0.25, -0.2) is 4.79 Å². The number of nitrogens with zero attached hydrogens (tertiary/aromatic N) is 3. The van der Waals surface area contributed by atoms with E-state index in [2.05, 4.69) is 10.5 Å². The zero-order chi connectivity index (χ0) is 16.5. The van der Waals surface area contributed by atoms with Crippen LogP contribution in [-0.4, -0.2) is 30.0 Å². The molecule has 0 saturated heterocycles. The molecule has 0 heterocycles. The van der Waals surface area contributed by atoms with Crippen molar-refractivity contribution in [3.63, 3.8) is 0 Å². The van der Waals surface area contributed by atoms with Gasteiger partial charge < -0.3 is 14.6 Å². The largest absolute Gasteiger partial charge is 0.490 e. The van der Waals surface area contributed by atoms with Crippen LogP contribution < -0.4 is 14.9 Å². The molecule has 0 aliphatic carbocycles. The van der Waals surface area contributed by atoms with Gasteiger partial charge in [-0.1, -0.05) is 0 Å². The monoisotopic (exact) mass is 302 g/mol. The maximum absolute atomic E-state index is 11.3. The summed E-state index contributed by atoms with van der Waals surface area (Å²) in [6.45, 7) is 4.24. The van der Waals surface area contributed by atoms with Gasteiger partial charge in [-0.05, 0) is 13.8 Å². The lowest BCUT2D eigenvalue weighted by Crippen LogP contribution is -2.07. The van der Waals surface area contributed by atoms with Gasteiger partial charge in [0.1, 0.15) is 12.1 Å². The third-order valence-corrected chi connectivity index (χ3v) is 2.41. The average molecular weight is 302 g/mol. The molecule has 1 aromatic rings. The maximum atomic E-state index is 11.3. The summed E-state index contributed by atoms with van der Waals surface area (Å²) < 4.78 is 10.7. The summed E-state index contributed by atoms with van der Waals surface area (Å²) in [5, 5.41) is 30.0. The van der Waals surface area contributed by atoms with Gasteiger partial charge in [0.15, 0.2) is 11.5 Å². The number of hydrogen-bond acceptors (Lipinski definition) is 7. The summed E-state index contributed by atoms with van der Waals surface area (Å²) in [5.41, 5.74) is 1.93. The molecule has 0 spiro atoms. The molecule has 1 rings (SSSR count). The quantitative estimate of drug-likeness (QED) is 0.582. The Kier molecular flexibility index (Phi) is 6.20. The number of hydrogen-bond donors (Lipinski definition) is 2. The molecule has 0 saturated carbocycles. The first-order valence-corrected chi connectivity index (χ1v) is 6.38. The van der Waals surface area contributed by atoms with Crippen molar-refractivity contribution in [2.24, 2.45) is 5.10 Å². The van der Waals surface area contributed by atoms with Gasteiger partial charge in [0, 0.05) is 12.1 Å². The maximum Gasteiger partial charge on any atom is 0.338 e. The Balaban J connectivity index is 3.32. The SMILES string of the molecule is CCOc1cc(NN=C(C#N)C#N)c(C(=O)O)cc1OCC. The average Bonchev–Trinajstić information content (AvgIpc) is 2.50. The van der Waals surface area contributed by atoms with E-state index in [1.807, 2.05) is 0 Å². The molecule has 0 aliphatic rings. The third-order valence-electron chi connectivity index (χ3n) is 2.41. The van der Waals surface area contributed by atoms with Crippen molar-refractivity contribution < 1.29 is 19.4 Å². The first-order chi connectivity index (χ1) is 10.6. The number of hydrazone groups is 1. The number of aromatic carboxylic acids is 1. The van der Waals surface area contributed by atoms with Crippen molar-refractivity contribution in [1.29, 1.82) is 10.5 Å². The highest BCUT2D eigenvalue weighted by Gasteiger charge is 2.17. The van der Waals surface area contributed by atoms with Crippen LogP contribution in [0, 0.1) is 22.7 Å². The number of carbonyl (C=O) groups is 1. The molecule has 0 fully saturated rings. The van der Waals surface area contributed by atoms with Crippen LogP contribution in [0.2, 0.25) is 0 Å². The normalized spacial score (nSPS) is 9.09. The summed E-state index contributed by atoms with van der Waals surface area (Å²) in [5.74, 6) is -0.586. The molecular weight excluding hydrogens is 288 g/mol. The Morgan fingerprint density at radius 3 is 2.23 bits per heavy atom. The number of rotatable bonds is 7. The Morgan fingerprint density at radius 2 is 1.77 bits per heavy atom. The van der Waals surface area contributed by atoms with Gasteiger partial charge in [-0.2, -0.15) is 15.6 Å². The fourth-order valence-corrected chi connectivity index (χ4v) is 1.56. The predicted octanol–water partition coefficient (Wildman–Crippen LogP) is 2.00. The number of carboxylic acids is 1. The molecule has 0 aromatic heterocycles. The second kappa shape index (κ2) is 8.12. The van der Waals surface area contributed by atoms with E-state index in [1.54, 1.807) is 26.0 Å². The molecule has 0 radical (unpaired) electrons. The predicted molar refractivity (Wildman–Crippen MR) is 78.0 cm³/mol. The lowest BCUT2D eigenvalue weighted by Gasteiger charge is -2.14. The Bertz CT molecular complexity index is 655. The van der Waals surface area contributed by atoms with Crippen molar-refractivity contribution in [1.82, 2.24) is 0 Å². The molecular formula is C14H14N4O4. The lowest BCUT2D eigenvalue weighted by atomic mass is 10.1. The molecule has 1 aromatic carbocycles. The van der Waals surface area contributed by atoms with Crippen LogP contribution >= 0.6 is 0 Å². The van der Waals surface area contributed by atoms with Crippen LogP contribution in [0.15, 0.2) is 17.2 Å². The number of anilines is 1. The lowest BCUT2D eigenvalue weighted by molar-refractivity contribution is 0.0697. The Hall–Kier alpha value is -3.26. The first kappa shape index (κ1) is 16.8. The molecule has 114 valence electrons. The number of nitriles is 2. The Morgan fingerprint density at radius 1 is 1.23 bits per heavy atom. The molecule has 8 heteroatoms. The minimum Gasteiger partial charge on any atom is -0.490 e. The molecule has 0 aliphatic heterocycles. The molecule has 0 atom stereocenters. The van der Waals surface area contributed by atoms with E-state index in [1.165, 1.54) is 12.1 Å². The highest BCUT2D eigenvalue weighted by Crippen LogP contribution is 2.34. The van der Waals surface area contributed by atoms with Crippen molar-refractivity contribution in [2.75, 3.05) is 18.6 Å². The van der Waals surface area contributed by atoms with Crippen LogP contribution in [0.3, 0.4) is 0 Å². The highest BCUT2D eigenvalue weighted by molar-refractivity contribution is 6.10. The van der Waals surface area contributed by atoms with Crippen molar-refractivity contribution >= 4 is 17.4 Å². The first-order valence-electron chi connectivity index (χ1n) is 6.38. The molecule has 22 heavy (non-hydrogen) atoms. The van der Waals surface area contributed by atoms with E-state index in [0.29, 0.717) is 19.0 Å². The van der Waals surface area contributed by atoms with Crippen LogP contribution in [0.5, 0.6) is 11.5 Å². The molecule has 0 unspecified atom stereocenters. The summed E-state index contributed by atoms with van der Waals surface area (Å²) in [7, 11) is 0. The van der Waals surface area contributed by atoms with Crippen molar-refractivity contribution in [3.05, 3.63) is 17.7 Å². The van der Waals surface area contributed by atoms with E-state index in [9.17, 15) is 9.90 Å². The van der Waals surface area contributed by atoms with Gasteiger partial charge >= 0.3 is 5.97 Å². The minimum atomic E-state index is -1.21.